The molecular weight excluding hydrogens is 290 g/mol. The first-order valence-corrected chi connectivity index (χ1v) is 7.41. The van der Waals surface area contributed by atoms with Gasteiger partial charge in [-0.1, -0.05) is 24.3 Å². The highest BCUT2D eigenvalue weighted by Gasteiger charge is 2.16. The maximum absolute atomic E-state index is 12.5. The van der Waals surface area contributed by atoms with Crippen molar-refractivity contribution in [2.45, 2.75) is 26.3 Å². The van der Waals surface area contributed by atoms with Crippen molar-refractivity contribution in [3.63, 3.8) is 0 Å². The largest absolute Gasteiger partial charge is 0.497 e. The van der Waals surface area contributed by atoms with Gasteiger partial charge in [0.05, 0.1) is 7.11 Å². The lowest BCUT2D eigenvalue weighted by Crippen LogP contribution is -2.40. The van der Waals surface area contributed by atoms with Crippen molar-refractivity contribution in [3.8, 4) is 5.75 Å². The molecule has 0 atom stereocenters. The molecule has 0 bridgehead atoms. The third kappa shape index (κ3) is 4.42. The van der Waals surface area contributed by atoms with Crippen molar-refractivity contribution in [3.05, 3.63) is 65.2 Å². The van der Waals surface area contributed by atoms with Gasteiger partial charge >= 0.3 is 0 Å². The normalized spacial score (nSPS) is 11.0. The van der Waals surface area contributed by atoms with Crippen LogP contribution in [0.25, 0.3) is 0 Å². The minimum absolute atomic E-state index is 0.105. The van der Waals surface area contributed by atoms with Crippen LogP contribution in [0.5, 0.6) is 5.75 Å². The van der Waals surface area contributed by atoms with E-state index in [0.29, 0.717) is 22.4 Å². The topological polar surface area (TPSA) is 55.4 Å². The zero-order chi connectivity index (χ0) is 17.0. The summed E-state index contributed by atoms with van der Waals surface area (Å²) < 4.78 is 5.13. The van der Waals surface area contributed by atoms with Crippen LogP contribution in [0, 0.1) is 0 Å². The number of ether oxygens (including phenoxy) is 1. The Kier molecular flexibility index (Phi) is 4.84. The Balaban J connectivity index is 2.18. The average Bonchev–Trinajstić information content (AvgIpc) is 2.53. The molecule has 4 heteroatoms. The van der Waals surface area contributed by atoms with Crippen LogP contribution < -0.4 is 10.1 Å². The quantitative estimate of drug-likeness (QED) is 0.880. The molecule has 0 radical (unpaired) electrons. The van der Waals surface area contributed by atoms with Crippen molar-refractivity contribution in [2.24, 2.45) is 0 Å². The van der Waals surface area contributed by atoms with Gasteiger partial charge in [-0.15, -0.1) is 0 Å². The Bertz CT molecular complexity index is 712. The number of carbonyl (C=O) groups is 2. The van der Waals surface area contributed by atoms with Crippen molar-refractivity contribution < 1.29 is 14.3 Å². The number of hydrogen-bond acceptors (Lipinski definition) is 3. The molecule has 1 N–H and O–H groups in total. The molecule has 2 rings (SSSR count). The van der Waals surface area contributed by atoms with Gasteiger partial charge in [0.2, 0.25) is 0 Å². The Morgan fingerprint density at radius 2 is 1.52 bits per heavy atom. The number of nitrogens with one attached hydrogen (secondary N) is 1. The van der Waals surface area contributed by atoms with Gasteiger partial charge in [0.25, 0.3) is 5.91 Å². The fourth-order valence-corrected chi connectivity index (χ4v) is 2.12. The minimum atomic E-state index is -0.299. The van der Waals surface area contributed by atoms with Crippen LogP contribution in [0.15, 0.2) is 48.5 Å². The van der Waals surface area contributed by atoms with Crippen LogP contribution in [0.4, 0.5) is 0 Å². The Labute approximate surface area is 136 Å². The minimum Gasteiger partial charge on any atom is -0.497 e. The number of benzene rings is 2. The lowest BCUT2D eigenvalue weighted by molar-refractivity contribution is 0.0918. The fraction of sp³-hybridized carbons (Fsp3) is 0.263. The molecule has 4 nitrogen and oxygen atoms in total. The number of ketones is 1. The lowest BCUT2D eigenvalue weighted by atomic mass is 10.0. The monoisotopic (exact) mass is 311 g/mol. The van der Waals surface area contributed by atoms with Gasteiger partial charge in [0.1, 0.15) is 5.75 Å². The molecule has 0 spiro atoms. The number of carbonyl (C=O) groups excluding carboxylic acids is 2. The van der Waals surface area contributed by atoms with Crippen LogP contribution in [-0.4, -0.2) is 24.3 Å². The summed E-state index contributed by atoms with van der Waals surface area (Å²) in [7, 11) is 1.56. The number of rotatable bonds is 4. The molecule has 1 amide bonds. The van der Waals surface area contributed by atoms with Crippen LogP contribution in [0.1, 0.15) is 47.1 Å². The molecule has 0 aromatic heterocycles. The van der Waals surface area contributed by atoms with Gasteiger partial charge in [0, 0.05) is 22.2 Å². The molecule has 23 heavy (non-hydrogen) atoms. The predicted octanol–water partition coefficient (Wildman–Crippen LogP) is 3.45. The van der Waals surface area contributed by atoms with E-state index in [0.717, 1.165) is 0 Å². The maximum atomic E-state index is 12.5. The second-order valence-electron chi connectivity index (χ2n) is 6.34. The van der Waals surface area contributed by atoms with Crippen LogP contribution in [0.2, 0.25) is 0 Å². The number of hydrogen-bond donors (Lipinski definition) is 1. The summed E-state index contributed by atoms with van der Waals surface area (Å²) in [6.45, 7) is 5.77. The van der Waals surface area contributed by atoms with Crippen molar-refractivity contribution in [1.82, 2.24) is 5.32 Å². The Morgan fingerprint density at radius 1 is 0.913 bits per heavy atom. The highest BCUT2D eigenvalue weighted by molar-refractivity contribution is 6.09. The van der Waals surface area contributed by atoms with E-state index in [2.05, 4.69) is 5.32 Å². The van der Waals surface area contributed by atoms with Gasteiger partial charge in [-0.2, -0.15) is 0 Å². The van der Waals surface area contributed by atoms with E-state index >= 15 is 0 Å². The van der Waals surface area contributed by atoms with Gasteiger partial charge in [-0.05, 0) is 45.0 Å². The third-order valence-corrected chi connectivity index (χ3v) is 3.23. The SMILES string of the molecule is COc1cccc(C(=O)c2ccc(C(=O)NC(C)(C)C)cc2)c1. The molecule has 2 aromatic rings. The highest BCUT2D eigenvalue weighted by Crippen LogP contribution is 2.17. The third-order valence-electron chi connectivity index (χ3n) is 3.23. The number of methoxy groups -OCH3 is 1. The van der Waals surface area contributed by atoms with E-state index in [1.807, 2.05) is 20.8 Å². The summed E-state index contributed by atoms with van der Waals surface area (Å²) in [6.07, 6.45) is 0. The predicted molar refractivity (Wildman–Crippen MR) is 90.1 cm³/mol. The standard InChI is InChI=1S/C19H21NO3/c1-19(2,3)20-18(22)14-10-8-13(9-11-14)17(21)15-6-5-7-16(12-15)23-4/h5-12H,1-4H3,(H,20,22). The maximum Gasteiger partial charge on any atom is 0.251 e. The van der Waals surface area contributed by atoms with Gasteiger partial charge < -0.3 is 10.1 Å². The highest BCUT2D eigenvalue weighted by atomic mass is 16.5. The van der Waals surface area contributed by atoms with E-state index < -0.39 is 0 Å². The average molecular weight is 311 g/mol. The van der Waals surface area contributed by atoms with E-state index in [9.17, 15) is 9.59 Å². The van der Waals surface area contributed by atoms with E-state index in [1.54, 1.807) is 55.6 Å². The lowest BCUT2D eigenvalue weighted by Gasteiger charge is -2.20. The molecule has 0 aliphatic rings. The fourth-order valence-electron chi connectivity index (χ4n) is 2.12. The van der Waals surface area contributed by atoms with E-state index in [-0.39, 0.29) is 17.2 Å². The summed E-state index contributed by atoms with van der Waals surface area (Å²) in [4.78, 5) is 24.6. The van der Waals surface area contributed by atoms with Crippen molar-refractivity contribution in [2.75, 3.05) is 7.11 Å². The summed E-state index contributed by atoms with van der Waals surface area (Å²) in [5, 5.41) is 2.89. The zero-order valence-corrected chi connectivity index (χ0v) is 13.8. The molecule has 0 aliphatic carbocycles. The van der Waals surface area contributed by atoms with Gasteiger partial charge in [-0.25, -0.2) is 0 Å². The zero-order valence-electron chi connectivity index (χ0n) is 13.8. The molecule has 120 valence electrons. The molecule has 0 saturated carbocycles. The smallest absolute Gasteiger partial charge is 0.251 e. The molecule has 0 fully saturated rings. The van der Waals surface area contributed by atoms with Crippen molar-refractivity contribution >= 4 is 11.7 Å². The first-order valence-electron chi connectivity index (χ1n) is 7.41. The summed E-state index contributed by atoms with van der Waals surface area (Å²) in [6, 6.07) is 13.7. The molecule has 0 saturated heterocycles. The molecule has 0 aliphatic heterocycles. The first-order chi connectivity index (χ1) is 10.8. The molecule has 0 unspecified atom stereocenters. The van der Waals surface area contributed by atoms with E-state index in [1.165, 1.54) is 0 Å². The van der Waals surface area contributed by atoms with Gasteiger partial charge in [0.15, 0.2) is 5.78 Å². The van der Waals surface area contributed by atoms with Crippen molar-refractivity contribution in [1.29, 1.82) is 0 Å². The Morgan fingerprint density at radius 3 is 2.09 bits per heavy atom. The Hall–Kier alpha value is -2.62. The molecule has 0 heterocycles. The number of amides is 1. The van der Waals surface area contributed by atoms with Crippen LogP contribution >= 0.6 is 0 Å². The second-order valence-corrected chi connectivity index (χ2v) is 6.34. The van der Waals surface area contributed by atoms with Crippen LogP contribution in [-0.2, 0) is 0 Å². The molecule has 2 aromatic carbocycles. The summed E-state index contributed by atoms with van der Waals surface area (Å²) in [5.41, 5.74) is 1.32. The van der Waals surface area contributed by atoms with Crippen LogP contribution in [0.3, 0.4) is 0 Å². The second kappa shape index (κ2) is 6.65. The van der Waals surface area contributed by atoms with Gasteiger partial charge in [-0.3, -0.25) is 9.59 Å². The van der Waals surface area contributed by atoms with E-state index in [4.69, 9.17) is 4.74 Å². The summed E-state index contributed by atoms with van der Waals surface area (Å²) in [5.74, 6) is 0.376. The first kappa shape index (κ1) is 16.7. The molecular formula is C19H21NO3. The summed E-state index contributed by atoms with van der Waals surface area (Å²) >= 11 is 0.